The molecule has 0 spiro atoms. The zero-order valence-electron chi connectivity index (χ0n) is 9.12. The highest BCUT2D eigenvalue weighted by molar-refractivity contribution is 6.31. The molecule has 16 heavy (non-hydrogen) atoms. The van der Waals surface area contributed by atoms with Crippen molar-refractivity contribution in [3.8, 4) is 5.82 Å². The molecule has 2 aromatic rings. The normalized spacial score (nSPS) is 10.8. The second-order valence-corrected chi connectivity index (χ2v) is 4.34. The molecule has 0 saturated heterocycles. The maximum atomic E-state index is 5.95. The van der Waals surface area contributed by atoms with Crippen LogP contribution < -0.4 is 0 Å². The van der Waals surface area contributed by atoms with Crippen molar-refractivity contribution in [3.63, 3.8) is 0 Å². The van der Waals surface area contributed by atoms with Gasteiger partial charge in [-0.2, -0.15) is 5.10 Å². The number of halogens is 2. The summed E-state index contributed by atoms with van der Waals surface area (Å²) in [6.45, 7) is 5.66. The molecular weight excluding hydrogens is 247 g/mol. The van der Waals surface area contributed by atoms with Gasteiger partial charge in [-0.15, -0.1) is 10.2 Å². The predicted octanol–water partition coefficient (Wildman–Crippen LogP) is 2.89. The van der Waals surface area contributed by atoms with Crippen molar-refractivity contribution in [1.82, 2.24) is 20.0 Å². The lowest BCUT2D eigenvalue weighted by atomic mass is 10.2. The topological polar surface area (TPSA) is 43.6 Å². The van der Waals surface area contributed by atoms with Crippen LogP contribution in [-0.2, 0) is 0 Å². The van der Waals surface area contributed by atoms with Crippen LogP contribution in [0.1, 0.15) is 16.8 Å². The molecule has 0 unspecified atom stereocenters. The van der Waals surface area contributed by atoms with Gasteiger partial charge in [0.15, 0.2) is 11.0 Å². The second kappa shape index (κ2) is 4.03. The average molecular weight is 257 g/mol. The van der Waals surface area contributed by atoms with Gasteiger partial charge in [0.2, 0.25) is 0 Å². The molecule has 4 nitrogen and oxygen atoms in total. The van der Waals surface area contributed by atoms with Crippen molar-refractivity contribution in [3.05, 3.63) is 33.2 Å². The molecule has 0 aliphatic heterocycles. The van der Waals surface area contributed by atoms with E-state index in [4.69, 9.17) is 23.2 Å². The highest BCUT2D eigenvalue weighted by atomic mass is 35.5. The molecule has 0 amide bonds. The number of nitrogens with zero attached hydrogens (tertiary/aromatic N) is 4. The van der Waals surface area contributed by atoms with Gasteiger partial charge < -0.3 is 0 Å². The summed E-state index contributed by atoms with van der Waals surface area (Å²) in [5.41, 5.74) is 2.60. The number of hydrogen-bond acceptors (Lipinski definition) is 3. The molecule has 0 aromatic carbocycles. The first-order valence-electron chi connectivity index (χ1n) is 4.72. The first-order valence-corrected chi connectivity index (χ1v) is 5.48. The molecule has 0 fully saturated rings. The Morgan fingerprint density at radius 2 is 1.75 bits per heavy atom. The van der Waals surface area contributed by atoms with Crippen molar-refractivity contribution in [2.75, 3.05) is 0 Å². The first kappa shape index (κ1) is 11.4. The summed E-state index contributed by atoms with van der Waals surface area (Å²) < 4.78 is 1.61. The van der Waals surface area contributed by atoms with Gasteiger partial charge in [-0.3, -0.25) is 0 Å². The summed E-state index contributed by atoms with van der Waals surface area (Å²) in [7, 11) is 0. The van der Waals surface area contributed by atoms with Crippen molar-refractivity contribution < 1.29 is 0 Å². The van der Waals surface area contributed by atoms with Gasteiger partial charge in [0, 0.05) is 5.56 Å². The van der Waals surface area contributed by atoms with E-state index in [1.807, 2.05) is 20.8 Å². The molecular formula is C10H10Cl2N4. The van der Waals surface area contributed by atoms with E-state index in [1.165, 1.54) is 0 Å². The minimum atomic E-state index is 0.413. The standard InChI is InChI=1S/C10H10Cl2N4/c1-5-6(2)10(14-13-9(5)12)16-4-8(11)7(3)15-16/h4H,1-3H3. The van der Waals surface area contributed by atoms with Crippen LogP contribution in [-0.4, -0.2) is 20.0 Å². The van der Waals surface area contributed by atoms with Gasteiger partial charge in [0.25, 0.3) is 0 Å². The quantitative estimate of drug-likeness (QED) is 0.788. The molecule has 2 rings (SSSR count). The van der Waals surface area contributed by atoms with Crippen molar-refractivity contribution in [2.24, 2.45) is 0 Å². The zero-order valence-corrected chi connectivity index (χ0v) is 10.6. The fraction of sp³-hybridized carbons (Fsp3) is 0.300. The third-order valence-electron chi connectivity index (χ3n) is 2.50. The molecule has 84 valence electrons. The summed E-state index contributed by atoms with van der Waals surface area (Å²) in [6.07, 6.45) is 1.71. The van der Waals surface area contributed by atoms with E-state index in [2.05, 4.69) is 15.3 Å². The van der Waals surface area contributed by atoms with Crippen LogP contribution in [0.4, 0.5) is 0 Å². The second-order valence-electron chi connectivity index (χ2n) is 3.57. The van der Waals surface area contributed by atoms with E-state index in [0.717, 1.165) is 16.8 Å². The third kappa shape index (κ3) is 1.79. The van der Waals surface area contributed by atoms with Gasteiger partial charge >= 0.3 is 0 Å². The van der Waals surface area contributed by atoms with Gasteiger partial charge in [-0.1, -0.05) is 23.2 Å². The van der Waals surface area contributed by atoms with E-state index < -0.39 is 0 Å². The molecule has 2 aromatic heterocycles. The van der Waals surface area contributed by atoms with Crippen LogP contribution in [0.15, 0.2) is 6.20 Å². The van der Waals surface area contributed by atoms with E-state index in [-0.39, 0.29) is 0 Å². The largest absolute Gasteiger partial charge is 0.219 e. The lowest BCUT2D eigenvalue weighted by Gasteiger charge is -2.07. The maximum absolute atomic E-state index is 5.95. The minimum Gasteiger partial charge on any atom is -0.219 e. The van der Waals surface area contributed by atoms with E-state index in [0.29, 0.717) is 16.0 Å². The summed E-state index contributed by atoms with van der Waals surface area (Å²) in [5, 5.41) is 13.2. The van der Waals surface area contributed by atoms with Crippen LogP contribution in [0.5, 0.6) is 0 Å². The fourth-order valence-corrected chi connectivity index (χ4v) is 1.64. The Labute approximate surface area is 103 Å². The Morgan fingerprint density at radius 3 is 2.31 bits per heavy atom. The van der Waals surface area contributed by atoms with Crippen molar-refractivity contribution >= 4 is 23.2 Å². The van der Waals surface area contributed by atoms with Crippen LogP contribution in [0.3, 0.4) is 0 Å². The summed E-state index contributed by atoms with van der Waals surface area (Å²) in [5.74, 6) is 0.650. The minimum absolute atomic E-state index is 0.413. The van der Waals surface area contributed by atoms with Gasteiger partial charge in [-0.05, 0) is 26.3 Å². The van der Waals surface area contributed by atoms with E-state index in [1.54, 1.807) is 10.9 Å². The number of rotatable bonds is 1. The van der Waals surface area contributed by atoms with Crippen molar-refractivity contribution in [2.45, 2.75) is 20.8 Å². The smallest absolute Gasteiger partial charge is 0.179 e. The average Bonchev–Trinajstić information content (AvgIpc) is 2.56. The summed E-state index contributed by atoms with van der Waals surface area (Å²) in [6, 6.07) is 0. The third-order valence-corrected chi connectivity index (χ3v) is 3.23. The molecule has 6 heteroatoms. The summed E-state index contributed by atoms with van der Waals surface area (Å²) in [4.78, 5) is 0. The first-order chi connectivity index (χ1) is 7.50. The Morgan fingerprint density at radius 1 is 1.06 bits per heavy atom. The monoisotopic (exact) mass is 256 g/mol. The molecule has 0 saturated carbocycles. The predicted molar refractivity (Wildman–Crippen MR) is 63.4 cm³/mol. The van der Waals surface area contributed by atoms with Crippen molar-refractivity contribution in [1.29, 1.82) is 0 Å². The van der Waals surface area contributed by atoms with Crippen LogP contribution in [0.25, 0.3) is 5.82 Å². The highest BCUT2D eigenvalue weighted by Gasteiger charge is 2.12. The van der Waals surface area contributed by atoms with Crippen LogP contribution >= 0.6 is 23.2 Å². The lowest BCUT2D eigenvalue weighted by molar-refractivity contribution is 0.790. The molecule has 0 bridgehead atoms. The Bertz CT molecular complexity index is 528. The Balaban J connectivity index is 2.61. The number of aryl methyl sites for hydroxylation is 1. The maximum Gasteiger partial charge on any atom is 0.179 e. The fourth-order valence-electron chi connectivity index (χ4n) is 1.33. The molecule has 0 atom stereocenters. The molecule has 0 N–H and O–H groups in total. The zero-order chi connectivity index (χ0) is 11.9. The molecule has 2 heterocycles. The number of aromatic nitrogens is 4. The number of hydrogen-bond donors (Lipinski definition) is 0. The summed E-state index contributed by atoms with van der Waals surface area (Å²) >= 11 is 11.8. The lowest BCUT2D eigenvalue weighted by Crippen LogP contribution is -2.05. The Kier molecular flexibility index (Phi) is 2.86. The van der Waals surface area contributed by atoms with E-state index in [9.17, 15) is 0 Å². The molecule has 0 aliphatic carbocycles. The highest BCUT2D eigenvalue weighted by Crippen LogP contribution is 2.21. The molecule has 0 aliphatic rings. The SMILES string of the molecule is Cc1nn(-c2nnc(Cl)c(C)c2C)cc1Cl. The van der Waals surface area contributed by atoms with Gasteiger partial charge in [-0.25, -0.2) is 4.68 Å². The van der Waals surface area contributed by atoms with Gasteiger partial charge in [0.1, 0.15) is 0 Å². The van der Waals surface area contributed by atoms with Gasteiger partial charge in [0.05, 0.1) is 16.9 Å². The Hall–Kier alpha value is -1.13. The van der Waals surface area contributed by atoms with Crippen LogP contribution in [0.2, 0.25) is 10.2 Å². The molecule has 0 radical (unpaired) electrons. The van der Waals surface area contributed by atoms with Crippen LogP contribution in [0, 0.1) is 20.8 Å². The van der Waals surface area contributed by atoms with E-state index >= 15 is 0 Å².